The maximum absolute atomic E-state index is 12.5. The van der Waals surface area contributed by atoms with Crippen molar-refractivity contribution < 1.29 is 14.7 Å². The number of hydrogen-bond acceptors (Lipinski definition) is 2. The van der Waals surface area contributed by atoms with Crippen molar-refractivity contribution in [2.24, 2.45) is 23.7 Å². The van der Waals surface area contributed by atoms with Crippen molar-refractivity contribution in [3.05, 3.63) is 41.5 Å². The van der Waals surface area contributed by atoms with Crippen molar-refractivity contribution in [3.8, 4) is 0 Å². The number of hydrogen-bond donors (Lipinski definition) is 2. The number of nitrogens with one attached hydrogen (secondary N) is 1. The summed E-state index contributed by atoms with van der Waals surface area (Å²) in [4.78, 5) is 24.0. The zero-order valence-electron chi connectivity index (χ0n) is 12.2. The summed E-state index contributed by atoms with van der Waals surface area (Å²) in [6.07, 6.45) is 4.72. The molecule has 0 radical (unpaired) electrons. The summed E-state index contributed by atoms with van der Waals surface area (Å²) in [5.41, 5.74) is 3.01. The van der Waals surface area contributed by atoms with Crippen molar-refractivity contribution in [1.82, 2.24) is 0 Å². The Hall–Kier alpha value is -2.10. The van der Waals surface area contributed by atoms with Gasteiger partial charge in [0.15, 0.2) is 0 Å². The van der Waals surface area contributed by atoms with Gasteiger partial charge in [0.25, 0.3) is 0 Å². The number of fused-ring (bicyclic) bond motifs is 2. The topological polar surface area (TPSA) is 66.4 Å². The maximum atomic E-state index is 12.5. The second-order valence-electron chi connectivity index (χ2n) is 6.13. The predicted molar refractivity (Wildman–Crippen MR) is 79.9 cm³/mol. The molecule has 1 fully saturated rings. The molecule has 2 N–H and O–H groups in total. The number of amides is 1. The van der Waals surface area contributed by atoms with Crippen LogP contribution in [-0.4, -0.2) is 17.0 Å². The van der Waals surface area contributed by atoms with E-state index < -0.39 is 17.8 Å². The predicted octanol–water partition coefficient (Wildman–Crippen LogP) is 2.76. The van der Waals surface area contributed by atoms with Crippen molar-refractivity contribution in [2.75, 3.05) is 5.32 Å². The van der Waals surface area contributed by atoms with Crippen molar-refractivity contribution >= 4 is 17.6 Å². The monoisotopic (exact) mass is 285 g/mol. The first-order valence-electron chi connectivity index (χ1n) is 7.26. The van der Waals surface area contributed by atoms with Gasteiger partial charge in [-0.25, -0.2) is 0 Å². The second-order valence-corrected chi connectivity index (χ2v) is 6.13. The quantitative estimate of drug-likeness (QED) is 0.839. The standard InChI is InChI=1S/C17H19NO3/c1-9-3-6-13(7-10(9)2)18-16(19)14-11-4-5-12(8-11)15(14)17(20)21/h3-7,11-12,14-15H,8H2,1-2H3,(H,18,19)(H,20,21)/t11-,12-,14-,15-/m0/s1. The molecule has 110 valence electrons. The maximum Gasteiger partial charge on any atom is 0.307 e. The van der Waals surface area contributed by atoms with Gasteiger partial charge in [0.2, 0.25) is 5.91 Å². The van der Waals surface area contributed by atoms with Crippen LogP contribution in [0.2, 0.25) is 0 Å². The first-order chi connectivity index (χ1) is 9.97. The van der Waals surface area contributed by atoms with Crippen molar-refractivity contribution in [1.29, 1.82) is 0 Å². The largest absolute Gasteiger partial charge is 0.481 e. The second kappa shape index (κ2) is 5.02. The fraction of sp³-hybridized carbons (Fsp3) is 0.412. The van der Waals surface area contributed by atoms with Gasteiger partial charge in [-0.15, -0.1) is 0 Å². The Balaban J connectivity index is 1.80. The molecule has 0 heterocycles. The molecular weight excluding hydrogens is 266 g/mol. The minimum absolute atomic E-state index is 0.00278. The first-order valence-corrected chi connectivity index (χ1v) is 7.26. The third-order valence-corrected chi connectivity index (χ3v) is 4.82. The van der Waals surface area contributed by atoms with Gasteiger partial charge in [0, 0.05) is 5.69 Å². The smallest absolute Gasteiger partial charge is 0.307 e. The molecule has 3 rings (SSSR count). The molecule has 0 aliphatic heterocycles. The van der Waals surface area contributed by atoms with Crippen LogP contribution in [0.3, 0.4) is 0 Å². The molecule has 4 nitrogen and oxygen atoms in total. The molecule has 2 bridgehead atoms. The highest BCUT2D eigenvalue weighted by Gasteiger charge is 2.51. The zero-order chi connectivity index (χ0) is 15.1. The summed E-state index contributed by atoms with van der Waals surface area (Å²) in [6, 6.07) is 5.74. The van der Waals surface area contributed by atoms with E-state index in [4.69, 9.17) is 0 Å². The molecule has 0 saturated heterocycles. The van der Waals surface area contributed by atoms with E-state index in [0.717, 1.165) is 17.7 Å². The third-order valence-electron chi connectivity index (χ3n) is 4.82. The Morgan fingerprint density at radius 2 is 1.76 bits per heavy atom. The Morgan fingerprint density at radius 1 is 1.10 bits per heavy atom. The van der Waals surface area contributed by atoms with E-state index in [2.05, 4.69) is 5.32 Å². The lowest BCUT2D eigenvalue weighted by atomic mass is 9.82. The number of carbonyl (C=O) groups excluding carboxylic acids is 1. The van der Waals surface area contributed by atoms with Gasteiger partial charge in [-0.05, 0) is 55.4 Å². The normalized spacial score (nSPS) is 29.6. The van der Waals surface area contributed by atoms with Crippen molar-refractivity contribution in [2.45, 2.75) is 20.3 Å². The summed E-state index contributed by atoms with van der Waals surface area (Å²) in [5, 5.41) is 12.3. The minimum atomic E-state index is -0.868. The summed E-state index contributed by atoms with van der Waals surface area (Å²) < 4.78 is 0. The first kappa shape index (κ1) is 13.9. The molecule has 1 amide bonds. The van der Waals surface area contributed by atoms with Gasteiger partial charge in [-0.2, -0.15) is 0 Å². The highest BCUT2D eigenvalue weighted by Crippen LogP contribution is 2.48. The van der Waals surface area contributed by atoms with Crippen LogP contribution in [-0.2, 0) is 9.59 Å². The lowest BCUT2D eigenvalue weighted by Crippen LogP contribution is -2.36. The van der Waals surface area contributed by atoms with Crippen LogP contribution < -0.4 is 5.32 Å². The van der Waals surface area contributed by atoms with Crippen LogP contribution in [0, 0.1) is 37.5 Å². The van der Waals surface area contributed by atoms with E-state index in [-0.39, 0.29) is 17.7 Å². The number of carbonyl (C=O) groups is 2. The SMILES string of the molecule is Cc1ccc(NC(=O)[C@@H]2[C@@H](C(=O)O)[C@H]3C=C[C@H]2C3)cc1C. The van der Waals surface area contributed by atoms with Crippen LogP contribution in [0.4, 0.5) is 5.69 Å². The lowest BCUT2D eigenvalue weighted by molar-refractivity contribution is -0.146. The number of carboxylic acid groups (broad SMARTS) is 1. The number of aliphatic carboxylic acids is 1. The zero-order valence-corrected chi connectivity index (χ0v) is 12.2. The Morgan fingerprint density at radius 3 is 2.38 bits per heavy atom. The van der Waals surface area contributed by atoms with Gasteiger partial charge in [-0.1, -0.05) is 18.2 Å². The molecule has 4 atom stereocenters. The van der Waals surface area contributed by atoms with Gasteiger partial charge < -0.3 is 10.4 Å². The van der Waals surface area contributed by atoms with Gasteiger partial charge in [0.05, 0.1) is 11.8 Å². The molecule has 1 saturated carbocycles. The van der Waals surface area contributed by atoms with Gasteiger partial charge in [-0.3, -0.25) is 9.59 Å². The number of allylic oxidation sites excluding steroid dienone is 2. The average Bonchev–Trinajstić information content (AvgIpc) is 3.03. The summed E-state index contributed by atoms with van der Waals surface area (Å²) in [7, 11) is 0. The van der Waals surface area contributed by atoms with Crippen LogP contribution in [0.1, 0.15) is 17.5 Å². The van der Waals surface area contributed by atoms with Crippen LogP contribution in [0.15, 0.2) is 30.4 Å². The van der Waals surface area contributed by atoms with E-state index in [1.54, 1.807) is 0 Å². The molecule has 0 spiro atoms. The van der Waals surface area contributed by atoms with Gasteiger partial charge in [0.1, 0.15) is 0 Å². The lowest BCUT2D eigenvalue weighted by Gasteiger charge is -2.24. The highest BCUT2D eigenvalue weighted by atomic mass is 16.4. The molecular formula is C17H19NO3. The van der Waals surface area contributed by atoms with E-state index in [0.29, 0.717) is 0 Å². The van der Waals surface area contributed by atoms with Crippen LogP contribution in [0.5, 0.6) is 0 Å². The molecule has 1 aromatic carbocycles. The third kappa shape index (κ3) is 2.35. The van der Waals surface area contributed by atoms with E-state index >= 15 is 0 Å². The van der Waals surface area contributed by atoms with Crippen molar-refractivity contribution in [3.63, 3.8) is 0 Å². The van der Waals surface area contributed by atoms with E-state index in [1.807, 2.05) is 44.2 Å². The fourth-order valence-corrected chi connectivity index (χ4v) is 3.56. The Kier molecular flexibility index (Phi) is 3.32. The molecule has 2 aliphatic rings. The summed E-state index contributed by atoms with van der Waals surface area (Å²) >= 11 is 0. The average molecular weight is 285 g/mol. The van der Waals surface area contributed by atoms with E-state index in [1.165, 1.54) is 5.56 Å². The molecule has 0 unspecified atom stereocenters. The molecule has 21 heavy (non-hydrogen) atoms. The number of aryl methyl sites for hydroxylation is 2. The Bertz CT molecular complexity index is 635. The van der Waals surface area contributed by atoms with Gasteiger partial charge >= 0.3 is 5.97 Å². The highest BCUT2D eigenvalue weighted by molar-refractivity contribution is 5.96. The number of carboxylic acids is 1. The molecule has 2 aliphatic carbocycles. The number of benzene rings is 1. The molecule has 0 aromatic heterocycles. The Labute approximate surface area is 123 Å². The van der Waals surface area contributed by atoms with Crippen LogP contribution in [0.25, 0.3) is 0 Å². The van der Waals surface area contributed by atoms with E-state index in [9.17, 15) is 14.7 Å². The summed E-state index contributed by atoms with van der Waals surface area (Å²) in [6.45, 7) is 4.01. The molecule has 1 aromatic rings. The minimum Gasteiger partial charge on any atom is -0.481 e. The summed E-state index contributed by atoms with van der Waals surface area (Å²) in [5.74, 6) is -2.04. The number of anilines is 1. The number of rotatable bonds is 3. The fourth-order valence-electron chi connectivity index (χ4n) is 3.56. The van der Waals surface area contributed by atoms with Crippen LogP contribution >= 0.6 is 0 Å². The molecule has 4 heteroatoms.